The highest BCUT2D eigenvalue weighted by Gasteiger charge is 2.49. The predicted octanol–water partition coefficient (Wildman–Crippen LogP) is 6.32. The van der Waals surface area contributed by atoms with Crippen molar-refractivity contribution in [3.05, 3.63) is 64.2 Å². The molecular formula is C27H29F9N2O3S. The summed E-state index contributed by atoms with van der Waals surface area (Å²) >= 11 is 0. The molecule has 234 valence electrons. The van der Waals surface area contributed by atoms with E-state index in [0.717, 1.165) is 41.7 Å². The lowest BCUT2D eigenvalue weighted by atomic mass is 9.84. The van der Waals surface area contributed by atoms with Gasteiger partial charge >= 0.3 is 21.8 Å². The third-order valence-corrected chi connectivity index (χ3v) is 8.57. The van der Waals surface area contributed by atoms with Crippen molar-refractivity contribution in [2.75, 3.05) is 32.9 Å². The standard InChI is InChI=1S/C27H29F9N2O3S/c1-16-9-19-13-20(41-42(39,40)27(34,35)36)3-4-21(19)25(38(16)15-26(31,32)33)24-22(29)11-18(12-23(24)30)10-17-5-8-37(14-17)7-2-6-28/h3-4,11-13,16-17,25H,2,5-10,14-15H2,1H3/t16-,17-,25+/m1/s1. The Kier molecular flexibility index (Phi) is 9.43. The Labute approximate surface area is 237 Å². The van der Waals surface area contributed by atoms with Gasteiger partial charge in [0.25, 0.3) is 0 Å². The first kappa shape index (κ1) is 32.4. The summed E-state index contributed by atoms with van der Waals surface area (Å²) in [6.07, 6.45) is -3.52. The van der Waals surface area contributed by atoms with Gasteiger partial charge in [0.2, 0.25) is 0 Å². The van der Waals surface area contributed by atoms with Crippen LogP contribution in [0.3, 0.4) is 0 Å². The molecule has 2 aliphatic rings. The molecule has 2 aromatic rings. The van der Waals surface area contributed by atoms with Gasteiger partial charge in [-0.25, -0.2) is 8.78 Å². The average molecular weight is 633 g/mol. The Balaban J connectivity index is 1.69. The van der Waals surface area contributed by atoms with Crippen LogP contribution < -0.4 is 4.18 Å². The molecule has 0 bridgehead atoms. The van der Waals surface area contributed by atoms with Gasteiger partial charge in [0.1, 0.15) is 17.4 Å². The molecule has 0 aromatic heterocycles. The molecule has 3 atom stereocenters. The Morgan fingerprint density at radius 3 is 2.29 bits per heavy atom. The summed E-state index contributed by atoms with van der Waals surface area (Å²) in [5.74, 6) is -2.86. The molecule has 5 nitrogen and oxygen atoms in total. The maximum absolute atomic E-state index is 15.6. The summed E-state index contributed by atoms with van der Waals surface area (Å²) in [6.45, 7) is 1.28. The van der Waals surface area contributed by atoms with Crippen LogP contribution in [-0.4, -0.2) is 68.8 Å². The SMILES string of the molecule is C[C@@H]1Cc2cc(OS(=O)(=O)C(F)(F)F)ccc2[C@@H](c2c(F)cc(C[C@H]3CCN(CCCF)C3)cc2F)N1CC(F)(F)F. The van der Waals surface area contributed by atoms with Crippen molar-refractivity contribution in [1.82, 2.24) is 9.80 Å². The van der Waals surface area contributed by atoms with Crippen molar-refractivity contribution in [3.63, 3.8) is 0 Å². The van der Waals surface area contributed by atoms with E-state index in [-0.39, 0.29) is 23.5 Å². The monoisotopic (exact) mass is 632 g/mol. The predicted molar refractivity (Wildman–Crippen MR) is 135 cm³/mol. The van der Waals surface area contributed by atoms with E-state index < -0.39 is 70.1 Å². The number of fused-ring (bicyclic) bond motifs is 1. The third kappa shape index (κ3) is 7.33. The van der Waals surface area contributed by atoms with Gasteiger partial charge in [0, 0.05) is 24.7 Å². The van der Waals surface area contributed by atoms with Crippen molar-refractivity contribution in [2.45, 2.75) is 56.4 Å². The number of hydrogen-bond donors (Lipinski definition) is 0. The van der Waals surface area contributed by atoms with Crippen molar-refractivity contribution in [3.8, 4) is 5.75 Å². The summed E-state index contributed by atoms with van der Waals surface area (Å²) in [4.78, 5) is 2.91. The zero-order valence-corrected chi connectivity index (χ0v) is 23.2. The van der Waals surface area contributed by atoms with E-state index in [2.05, 4.69) is 9.08 Å². The van der Waals surface area contributed by atoms with Crippen LogP contribution in [-0.2, 0) is 23.0 Å². The molecule has 15 heteroatoms. The minimum Gasteiger partial charge on any atom is -0.376 e. The molecule has 0 N–H and O–H groups in total. The van der Waals surface area contributed by atoms with E-state index in [1.54, 1.807) is 0 Å². The van der Waals surface area contributed by atoms with Gasteiger partial charge in [0.15, 0.2) is 0 Å². The van der Waals surface area contributed by atoms with E-state index in [1.807, 2.05) is 0 Å². The minimum absolute atomic E-state index is 0.0287. The van der Waals surface area contributed by atoms with Crippen molar-refractivity contribution < 1.29 is 52.1 Å². The molecule has 42 heavy (non-hydrogen) atoms. The number of likely N-dealkylation sites (tertiary alicyclic amines) is 1. The smallest absolute Gasteiger partial charge is 0.376 e. The third-order valence-electron chi connectivity index (χ3n) is 7.59. The van der Waals surface area contributed by atoms with Crippen LogP contribution in [0.5, 0.6) is 5.75 Å². The second kappa shape index (κ2) is 12.2. The average Bonchev–Trinajstić information content (AvgIpc) is 3.29. The molecule has 2 aliphatic heterocycles. The first-order valence-corrected chi connectivity index (χ1v) is 14.6. The van der Waals surface area contributed by atoms with Crippen LogP contribution in [0.1, 0.15) is 48.1 Å². The number of halogens is 9. The maximum atomic E-state index is 15.6. The van der Waals surface area contributed by atoms with Gasteiger partial charge in [0.05, 0.1) is 19.3 Å². The maximum Gasteiger partial charge on any atom is 0.534 e. The van der Waals surface area contributed by atoms with E-state index >= 15 is 8.78 Å². The van der Waals surface area contributed by atoms with E-state index in [0.29, 0.717) is 38.0 Å². The number of benzene rings is 2. The second-order valence-corrected chi connectivity index (χ2v) is 12.3. The Morgan fingerprint density at radius 2 is 1.69 bits per heavy atom. The summed E-state index contributed by atoms with van der Waals surface area (Å²) in [5, 5.41) is 0. The highest BCUT2D eigenvalue weighted by molar-refractivity contribution is 7.88. The summed E-state index contributed by atoms with van der Waals surface area (Å²) < 4.78 is 150. The van der Waals surface area contributed by atoms with E-state index in [1.165, 1.54) is 6.92 Å². The number of rotatable bonds is 9. The van der Waals surface area contributed by atoms with Gasteiger partial charge in [-0.3, -0.25) is 9.29 Å². The molecule has 0 saturated carbocycles. The highest BCUT2D eigenvalue weighted by atomic mass is 32.2. The molecular weight excluding hydrogens is 603 g/mol. The lowest BCUT2D eigenvalue weighted by Gasteiger charge is -2.42. The van der Waals surface area contributed by atoms with Gasteiger partial charge in [-0.2, -0.15) is 34.8 Å². The molecule has 4 rings (SSSR count). The Hall–Kier alpha value is -2.52. The van der Waals surface area contributed by atoms with Gasteiger partial charge in [-0.15, -0.1) is 0 Å². The van der Waals surface area contributed by atoms with Crippen LogP contribution in [0.4, 0.5) is 39.5 Å². The molecule has 0 spiro atoms. The largest absolute Gasteiger partial charge is 0.534 e. The van der Waals surface area contributed by atoms with Gasteiger partial charge in [-0.05, 0) is 86.0 Å². The second-order valence-electron chi connectivity index (χ2n) is 10.8. The van der Waals surface area contributed by atoms with Crippen LogP contribution in [0.2, 0.25) is 0 Å². The van der Waals surface area contributed by atoms with Crippen LogP contribution in [0, 0.1) is 17.6 Å². The zero-order valence-electron chi connectivity index (χ0n) is 22.4. The molecule has 2 aromatic carbocycles. The fourth-order valence-electron chi connectivity index (χ4n) is 5.81. The molecule has 0 aliphatic carbocycles. The lowest BCUT2D eigenvalue weighted by molar-refractivity contribution is -0.155. The summed E-state index contributed by atoms with van der Waals surface area (Å²) in [5.41, 5.74) is -6.02. The van der Waals surface area contributed by atoms with E-state index in [9.17, 15) is 39.2 Å². The highest BCUT2D eigenvalue weighted by Crippen LogP contribution is 2.43. The topological polar surface area (TPSA) is 49.9 Å². The first-order valence-electron chi connectivity index (χ1n) is 13.2. The van der Waals surface area contributed by atoms with Crippen LogP contribution in [0.25, 0.3) is 0 Å². The Bertz CT molecular complexity index is 1360. The fourth-order valence-corrected chi connectivity index (χ4v) is 6.26. The normalized spacial score (nSPS) is 22.4. The van der Waals surface area contributed by atoms with Crippen LogP contribution in [0.15, 0.2) is 30.3 Å². The van der Waals surface area contributed by atoms with E-state index in [4.69, 9.17) is 0 Å². The Morgan fingerprint density at radius 1 is 1.02 bits per heavy atom. The fraction of sp³-hybridized carbons (Fsp3) is 0.556. The molecule has 2 heterocycles. The first-order chi connectivity index (χ1) is 19.5. The summed E-state index contributed by atoms with van der Waals surface area (Å²) in [6, 6.07) is 2.28. The molecule has 0 amide bonds. The van der Waals surface area contributed by atoms with Gasteiger partial charge < -0.3 is 9.08 Å². The quantitative estimate of drug-likeness (QED) is 0.184. The molecule has 0 unspecified atom stereocenters. The minimum atomic E-state index is -6.03. The number of nitrogens with zero attached hydrogens (tertiary/aromatic N) is 2. The van der Waals surface area contributed by atoms with Crippen molar-refractivity contribution in [1.29, 1.82) is 0 Å². The number of hydrogen-bond acceptors (Lipinski definition) is 5. The lowest BCUT2D eigenvalue weighted by Crippen LogP contribution is -2.47. The molecule has 1 fully saturated rings. The summed E-state index contributed by atoms with van der Waals surface area (Å²) in [7, 11) is -6.03. The zero-order chi connectivity index (χ0) is 31.0. The molecule has 1 saturated heterocycles. The van der Waals surface area contributed by atoms with Crippen molar-refractivity contribution in [2.24, 2.45) is 5.92 Å². The number of alkyl halides is 7. The van der Waals surface area contributed by atoms with Crippen LogP contribution >= 0.6 is 0 Å². The van der Waals surface area contributed by atoms with Gasteiger partial charge in [-0.1, -0.05) is 6.07 Å². The van der Waals surface area contributed by atoms with Crippen molar-refractivity contribution >= 4 is 10.1 Å². The molecule has 0 radical (unpaired) electrons.